The standard InChI is InChI=1S/C9H13NO2S2/c1-6-7(4-3-5-8(11)12)14-9(10-6)13-2/h3-5H2,1-2H3,(H,11,12). The third-order valence-corrected chi connectivity index (χ3v) is 4.04. The molecule has 0 spiro atoms. The Labute approximate surface area is 91.6 Å². The molecule has 0 unspecified atom stereocenters. The topological polar surface area (TPSA) is 50.2 Å². The number of nitrogens with zero attached hydrogens (tertiary/aromatic N) is 1. The molecular weight excluding hydrogens is 218 g/mol. The Morgan fingerprint density at radius 3 is 2.86 bits per heavy atom. The minimum absolute atomic E-state index is 0.242. The van der Waals surface area contributed by atoms with Gasteiger partial charge in [0, 0.05) is 11.3 Å². The fraction of sp³-hybridized carbons (Fsp3) is 0.556. The number of aromatic nitrogens is 1. The van der Waals surface area contributed by atoms with Crippen LogP contribution in [0.4, 0.5) is 0 Å². The second-order valence-electron chi connectivity index (χ2n) is 2.94. The molecule has 1 heterocycles. The van der Waals surface area contributed by atoms with Gasteiger partial charge < -0.3 is 5.11 Å². The van der Waals surface area contributed by atoms with E-state index in [1.807, 2.05) is 13.2 Å². The number of carboxylic acid groups (broad SMARTS) is 1. The summed E-state index contributed by atoms with van der Waals surface area (Å²) in [5, 5.41) is 8.50. The van der Waals surface area contributed by atoms with E-state index in [1.54, 1.807) is 23.1 Å². The number of thioether (sulfide) groups is 1. The van der Waals surface area contributed by atoms with E-state index in [9.17, 15) is 4.79 Å². The molecule has 1 aromatic rings. The number of rotatable bonds is 5. The highest BCUT2D eigenvalue weighted by Crippen LogP contribution is 2.26. The highest BCUT2D eigenvalue weighted by atomic mass is 32.2. The van der Waals surface area contributed by atoms with Crippen molar-refractivity contribution in [3.63, 3.8) is 0 Å². The normalized spacial score (nSPS) is 10.4. The van der Waals surface area contributed by atoms with Gasteiger partial charge in [-0.3, -0.25) is 4.79 Å². The summed E-state index contributed by atoms with van der Waals surface area (Å²) < 4.78 is 1.06. The van der Waals surface area contributed by atoms with Crippen LogP contribution in [0.1, 0.15) is 23.4 Å². The molecule has 0 fully saturated rings. The first kappa shape index (κ1) is 11.5. The molecule has 0 aromatic carbocycles. The number of hydrogen-bond donors (Lipinski definition) is 1. The van der Waals surface area contributed by atoms with Gasteiger partial charge in [0.05, 0.1) is 5.69 Å². The largest absolute Gasteiger partial charge is 0.481 e. The second-order valence-corrected chi connectivity index (χ2v) is 5.08. The Balaban J connectivity index is 2.49. The molecule has 14 heavy (non-hydrogen) atoms. The third-order valence-electron chi connectivity index (χ3n) is 1.84. The maximum Gasteiger partial charge on any atom is 0.303 e. The molecule has 0 aliphatic carbocycles. The van der Waals surface area contributed by atoms with Crippen molar-refractivity contribution < 1.29 is 9.90 Å². The quantitative estimate of drug-likeness (QED) is 0.791. The molecule has 1 N–H and O–H groups in total. The number of carboxylic acids is 1. The Hall–Kier alpha value is -0.550. The molecule has 0 amide bonds. The van der Waals surface area contributed by atoms with E-state index in [0.29, 0.717) is 6.42 Å². The summed E-state index contributed by atoms with van der Waals surface area (Å²) in [5.41, 5.74) is 1.05. The Morgan fingerprint density at radius 1 is 1.64 bits per heavy atom. The molecule has 0 atom stereocenters. The number of carbonyl (C=O) groups is 1. The van der Waals surface area contributed by atoms with Crippen molar-refractivity contribution in [1.82, 2.24) is 4.98 Å². The summed E-state index contributed by atoms with van der Waals surface area (Å²) in [5.74, 6) is -0.725. The molecule has 78 valence electrons. The van der Waals surface area contributed by atoms with Crippen molar-refractivity contribution in [3.05, 3.63) is 10.6 Å². The number of aliphatic carboxylic acids is 1. The van der Waals surface area contributed by atoms with Crippen molar-refractivity contribution in [2.24, 2.45) is 0 Å². The number of thiazole rings is 1. The molecule has 0 saturated carbocycles. The summed E-state index contributed by atoms with van der Waals surface area (Å²) in [7, 11) is 0. The first-order valence-electron chi connectivity index (χ1n) is 4.35. The SMILES string of the molecule is CSc1nc(C)c(CCCC(=O)O)s1. The molecule has 1 rings (SSSR count). The maximum absolute atomic E-state index is 10.3. The minimum Gasteiger partial charge on any atom is -0.481 e. The number of hydrogen-bond acceptors (Lipinski definition) is 4. The molecule has 0 aliphatic rings. The van der Waals surface area contributed by atoms with Gasteiger partial charge >= 0.3 is 5.97 Å². The lowest BCUT2D eigenvalue weighted by Gasteiger charge is -1.95. The monoisotopic (exact) mass is 231 g/mol. The average molecular weight is 231 g/mol. The summed E-state index contributed by atoms with van der Waals surface area (Å²) in [6.45, 7) is 1.98. The zero-order chi connectivity index (χ0) is 10.6. The Kier molecular flexibility index (Phi) is 4.41. The van der Waals surface area contributed by atoms with Crippen LogP contribution < -0.4 is 0 Å². The molecule has 3 nitrogen and oxygen atoms in total. The average Bonchev–Trinajstić information content (AvgIpc) is 2.47. The minimum atomic E-state index is -0.725. The molecule has 1 aromatic heterocycles. The molecule has 0 saturated heterocycles. The van der Waals surface area contributed by atoms with Crippen LogP contribution in [0.3, 0.4) is 0 Å². The predicted octanol–water partition coefficient (Wildman–Crippen LogP) is 2.58. The van der Waals surface area contributed by atoms with Gasteiger partial charge in [0.1, 0.15) is 4.34 Å². The lowest BCUT2D eigenvalue weighted by molar-refractivity contribution is -0.137. The van der Waals surface area contributed by atoms with Gasteiger partial charge in [-0.15, -0.1) is 11.3 Å². The lowest BCUT2D eigenvalue weighted by atomic mass is 10.2. The molecule has 0 bridgehead atoms. The van der Waals surface area contributed by atoms with Gasteiger partial charge in [0.25, 0.3) is 0 Å². The van der Waals surface area contributed by atoms with Crippen LogP contribution in [-0.4, -0.2) is 22.3 Å². The zero-order valence-corrected chi connectivity index (χ0v) is 9.87. The van der Waals surface area contributed by atoms with Crippen LogP contribution >= 0.6 is 23.1 Å². The van der Waals surface area contributed by atoms with Crippen LogP contribution in [0.5, 0.6) is 0 Å². The highest BCUT2D eigenvalue weighted by Gasteiger charge is 2.07. The summed E-state index contributed by atoms with van der Waals surface area (Å²) in [4.78, 5) is 15.9. The fourth-order valence-corrected chi connectivity index (χ4v) is 2.82. The first-order chi connectivity index (χ1) is 6.63. The molecule has 0 radical (unpaired) electrons. The highest BCUT2D eigenvalue weighted by molar-refractivity contribution is 8.00. The van der Waals surface area contributed by atoms with Gasteiger partial charge in [-0.2, -0.15) is 0 Å². The summed E-state index contributed by atoms with van der Waals surface area (Å²) in [6, 6.07) is 0. The smallest absolute Gasteiger partial charge is 0.303 e. The van der Waals surface area contributed by atoms with Crippen molar-refractivity contribution in [1.29, 1.82) is 0 Å². The second kappa shape index (κ2) is 5.36. The van der Waals surface area contributed by atoms with Crippen LogP contribution in [0.2, 0.25) is 0 Å². The van der Waals surface area contributed by atoms with Crippen LogP contribution in [0.15, 0.2) is 4.34 Å². The van der Waals surface area contributed by atoms with Gasteiger partial charge in [-0.05, 0) is 26.0 Å². The summed E-state index contributed by atoms with van der Waals surface area (Å²) in [6.07, 6.45) is 3.77. The molecule has 5 heteroatoms. The van der Waals surface area contributed by atoms with Crippen molar-refractivity contribution in [2.75, 3.05) is 6.26 Å². The zero-order valence-electron chi connectivity index (χ0n) is 8.24. The van der Waals surface area contributed by atoms with Crippen molar-refractivity contribution in [3.8, 4) is 0 Å². The lowest BCUT2D eigenvalue weighted by Crippen LogP contribution is -1.95. The molecule has 0 aliphatic heterocycles. The van der Waals surface area contributed by atoms with E-state index >= 15 is 0 Å². The summed E-state index contributed by atoms with van der Waals surface area (Å²) >= 11 is 3.30. The van der Waals surface area contributed by atoms with E-state index in [0.717, 1.165) is 16.5 Å². The van der Waals surface area contributed by atoms with Crippen molar-refractivity contribution in [2.45, 2.75) is 30.5 Å². The van der Waals surface area contributed by atoms with E-state index in [1.165, 1.54) is 4.88 Å². The predicted molar refractivity (Wildman–Crippen MR) is 59.2 cm³/mol. The van der Waals surface area contributed by atoms with Gasteiger partial charge in [-0.1, -0.05) is 11.8 Å². The van der Waals surface area contributed by atoms with Crippen LogP contribution in [0.25, 0.3) is 0 Å². The maximum atomic E-state index is 10.3. The Morgan fingerprint density at radius 2 is 2.36 bits per heavy atom. The van der Waals surface area contributed by atoms with E-state index in [2.05, 4.69) is 4.98 Å². The van der Waals surface area contributed by atoms with Gasteiger partial charge in [0.2, 0.25) is 0 Å². The van der Waals surface area contributed by atoms with Crippen LogP contribution in [-0.2, 0) is 11.2 Å². The number of aryl methyl sites for hydroxylation is 2. The van der Waals surface area contributed by atoms with E-state index < -0.39 is 5.97 Å². The Bertz CT molecular complexity index is 323. The third kappa shape index (κ3) is 3.31. The van der Waals surface area contributed by atoms with Gasteiger partial charge in [-0.25, -0.2) is 4.98 Å². The first-order valence-corrected chi connectivity index (χ1v) is 6.39. The van der Waals surface area contributed by atoms with E-state index in [-0.39, 0.29) is 6.42 Å². The van der Waals surface area contributed by atoms with Gasteiger partial charge in [0.15, 0.2) is 0 Å². The molecular formula is C9H13NO2S2. The fourth-order valence-electron chi connectivity index (χ4n) is 1.12. The van der Waals surface area contributed by atoms with Crippen LogP contribution in [0, 0.1) is 6.92 Å². The van der Waals surface area contributed by atoms with Crippen molar-refractivity contribution >= 4 is 29.1 Å². The van der Waals surface area contributed by atoms with E-state index in [4.69, 9.17) is 5.11 Å².